The Bertz CT molecular complexity index is 373. The van der Waals surface area contributed by atoms with Gasteiger partial charge in [-0.2, -0.15) is 0 Å². The first-order chi connectivity index (χ1) is 12.2. The van der Waals surface area contributed by atoms with Crippen molar-refractivity contribution < 1.29 is 34.8 Å². The second kappa shape index (κ2) is 17.8. The SMILES string of the molecule is CCCCCCCCCCC[CH2][Na].O=C(O)CC(O)(CC(=O)O)C(=O)O. The van der Waals surface area contributed by atoms with Crippen LogP contribution in [0.1, 0.15) is 84.0 Å². The van der Waals surface area contributed by atoms with Crippen LogP contribution in [0.15, 0.2) is 0 Å². The molecule has 0 fully saturated rings. The summed E-state index contributed by atoms with van der Waals surface area (Å²) in [5.74, 6) is -5.02. The molecule has 0 aliphatic rings. The van der Waals surface area contributed by atoms with E-state index in [0.29, 0.717) is 0 Å². The predicted molar refractivity (Wildman–Crippen MR) is 99.5 cm³/mol. The van der Waals surface area contributed by atoms with Crippen LogP contribution < -0.4 is 0 Å². The Morgan fingerprint density at radius 2 is 1.08 bits per heavy atom. The number of hydrogen-bond acceptors (Lipinski definition) is 4. The van der Waals surface area contributed by atoms with Crippen LogP contribution in [0.4, 0.5) is 0 Å². The minimum Gasteiger partial charge on any atom is -0.481 e. The molecular formula is C18H33NaO7. The molecule has 0 aliphatic heterocycles. The van der Waals surface area contributed by atoms with Crippen molar-refractivity contribution in [3.63, 3.8) is 0 Å². The third-order valence-corrected chi connectivity index (χ3v) is 4.70. The zero-order valence-corrected chi connectivity index (χ0v) is 18.2. The number of carboxylic acids is 3. The fourth-order valence-corrected chi connectivity index (χ4v) is 2.95. The Balaban J connectivity index is 0. The average Bonchev–Trinajstić information content (AvgIpc) is 2.52. The molecule has 4 N–H and O–H groups in total. The van der Waals surface area contributed by atoms with Crippen LogP contribution in [0.3, 0.4) is 0 Å². The molecule has 0 saturated carbocycles. The summed E-state index contributed by atoms with van der Waals surface area (Å²) in [5.41, 5.74) is -2.74. The molecule has 0 unspecified atom stereocenters. The molecule has 0 rings (SSSR count). The molecule has 0 heterocycles. The van der Waals surface area contributed by atoms with Crippen LogP contribution in [0.5, 0.6) is 0 Å². The Morgan fingerprint density at radius 3 is 1.35 bits per heavy atom. The van der Waals surface area contributed by atoms with Crippen molar-refractivity contribution in [3.8, 4) is 0 Å². The van der Waals surface area contributed by atoms with E-state index >= 15 is 0 Å². The standard InChI is InChI=1S/C12H25.C6H8O7.Na/c1-3-5-7-9-11-12-10-8-6-4-2;7-3(8)1-6(13,5(11)12)2-4(9)10;/h1,3-12H2,2H3;13H,1-2H2,(H,7,8)(H,9,10)(H,11,12);. The van der Waals surface area contributed by atoms with Gasteiger partial charge >= 0.3 is 121 Å². The summed E-state index contributed by atoms with van der Waals surface area (Å²) in [6.07, 6.45) is 12.5. The second-order valence-corrected chi connectivity index (χ2v) is 7.66. The maximum Gasteiger partial charge on any atom is 0.336 e. The summed E-state index contributed by atoms with van der Waals surface area (Å²) in [4.78, 5) is 30.5. The number of aliphatic hydroxyl groups is 1. The molecule has 0 aliphatic carbocycles. The fourth-order valence-electron chi connectivity index (χ4n) is 2.45. The maximum atomic E-state index is 10.3. The molecular weight excluding hydrogens is 351 g/mol. The first-order valence-electron chi connectivity index (χ1n) is 9.59. The molecule has 0 aromatic carbocycles. The van der Waals surface area contributed by atoms with Crippen molar-refractivity contribution >= 4 is 45.8 Å². The van der Waals surface area contributed by atoms with Crippen LogP contribution in [-0.4, -0.2) is 71.9 Å². The van der Waals surface area contributed by atoms with E-state index < -0.39 is 36.4 Å². The summed E-state index contributed by atoms with van der Waals surface area (Å²) in [6, 6.07) is 0. The fraction of sp³-hybridized carbons (Fsp3) is 0.833. The molecule has 0 aromatic rings. The van der Waals surface area contributed by atoms with Gasteiger partial charge in [-0.15, -0.1) is 0 Å². The minimum absolute atomic E-state index is 1.14. The molecule has 148 valence electrons. The molecule has 0 radical (unpaired) electrons. The Morgan fingerprint density at radius 1 is 0.731 bits per heavy atom. The Hall–Kier alpha value is -0.630. The van der Waals surface area contributed by atoms with Crippen molar-refractivity contribution in [1.82, 2.24) is 0 Å². The quantitative estimate of drug-likeness (QED) is 0.252. The number of aliphatic carboxylic acids is 3. The van der Waals surface area contributed by atoms with Gasteiger partial charge in [0.1, 0.15) is 0 Å². The van der Waals surface area contributed by atoms with Crippen LogP contribution in [0.2, 0.25) is 3.67 Å². The van der Waals surface area contributed by atoms with Crippen molar-refractivity contribution in [2.24, 2.45) is 0 Å². The number of rotatable bonds is 15. The second-order valence-electron chi connectivity index (χ2n) is 6.66. The first-order valence-corrected chi connectivity index (χ1v) is 11.0. The van der Waals surface area contributed by atoms with Gasteiger partial charge in [0.05, 0.1) is 12.8 Å². The molecule has 0 aromatic heterocycles. The van der Waals surface area contributed by atoms with Crippen molar-refractivity contribution in [2.45, 2.75) is 93.2 Å². The topological polar surface area (TPSA) is 132 Å². The number of carboxylic acid groups (broad SMARTS) is 3. The van der Waals surface area contributed by atoms with E-state index in [4.69, 9.17) is 20.4 Å². The van der Waals surface area contributed by atoms with Gasteiger partial charge in [-0.05, 0) is 0 Å². The van der Waals surface area contributed by atoms with Gasteiger partial charge in [0.15, 0.2) is 5.60 Å². The van der Waals surface area contributed by atoms with E-state index in [-0.39, 0.29) is 0 Å². The van der Waals surface area contributed by atoms with Crippen molar-refractivity contribution in [1.29, 1.82) is 0 Å². The van der Waals surface area contributed by atoms with Crippen molar-refractivity contribution in [2.75, 3.05) is 0 Å². The molecule has 0 amide bonds. The Kier molecular flexibility index (Phi) is 18.9. The van der Waals surface area contributed by atoms with E-state index in [2.05, 4.69) is 6.92 Å². The number of carbonyl (C=O) groups is 3. The number of hydrogen-bond donors (Lipinski definition) is 4. The smallest absolute Gasteiger partial charge is 0.336 e. The summed E-state index contributed by atoms with van der Waals surface area (Å²) in [7, 11) is 0. The zero-order chi connectivity index (χ0) is 20.4. The molecule has 8 heteroatoms. The monoisotopic (exact) mass is 384 g/mol. The largest absolute Gasteiger partial charge is 0.481 e. The van der Waals surface area contributed by atoms with Gasteiger partial charge in [-0.25, -0.2) is 4.79 Å². The van der Waals surface area contributed by atoms with Crippen LogP contribution in [0.25, 0.3) is 0 Å². The summed E-state index contributed by atoms with van der Waals surface area (Å²) in [5, 5.41) is 33.8. The van der Waals surface area contributed by atoms with Crippen molar-refractivity contribution in [3.05, 3.63) is 0 Å². The van der Waals surface area contributed by atoms with E-state index in [1.165, 1.54) is 95.8 Å². The molecule has 0 atom stereocenters. The Labute approximate surface area is 173 Å². The molecule has 0 bridgehead atoms. The van der Waals surface area contributed by atoms with Crippen LogP contribution in [0, 0.1) is 0 Å². The van der Waals surface area contributed by atoms with E-state index in [9.17, 15) is 14.4 Å². The molecule has 0 spiro atoms. The summed E-state index contributed by atoms with van der Waals surface area (Å²) in [6.45, 7) is 2.29. The molecule has 7 nitrogen and oxygen atoms in total. The van der Waals surface area contributed by atoms with Gasteiger partial charge in [0, 0.05) is 0 Å². The first kappa shape index (κ1) is 27.6. The third kappa shape index (κ3) is 18.2. The van der Waals surface area contributed by atoms with Gasteiger partial charge < -0.3 is 20.4 Å². The average molecular weight is 384 g/mol. The molecule has 26 heavy (non-hydrogen) atoms. The van der Waals surface area contributed by atoms with E-state index in [0.717, 1.165) is 0 Å². The molecule has 0 saturated heterocycles. The zero-order valence-electron chi connectivity index (χ0n) is 16.2. The van der Waals surface area contributed by atoms with E-state index in [1.807, 2.05) is 0 Å². The van der Waals surface area contributed by atoms with Gasteiger partial charge in [0.2, 0.25) is 0 Å². The summed E-state index contributed by atoms with van der Waals surface area (Å²) >= 11 is 1.41. The minimum atomic E-state index is -2.74. The normalized spacial score (nSPS) is 10.8. The van der Waals surface area contributed by atoms with Crippen LogP contribution >= 0.6 is 0 Å². The van der Waals surface area contributed by atoms with Gasteiger partial charge in [-0.3, -0.25) is 9.59 Å². The van der Waals surface area contributed by atoms with E-state index in [1.54, 1.807) is 0 Å². The maximum absolute atomic E-state index is 10.3. The third-order valence-electron chi connectivity index (χ3n) is 3.99. The van der Waals surface area contributed by atoms with Crippen LogP contribution in [-0.2, 0) is 14.4 Å². The number of unbranched alkanes of at least 4 members (excludes halogenated alkanes) is 9. The van der Waals surface area contributed by atoms with Gasteiger partial charge in [-0.1, -0.05) is 0 Å². The van der Waals surface area contributed by atoms with Gasteiger partial charge in [0.25, 0.3) is 0 Å². The summed E-state index contributed by atoms with van der Waals surface area (Å²) < 4.78 is 1.51. The predicted octanol–water partition coefficient (Wildman–Crippen LogP) is 3.25.